The van der Waals surface area contributed by atoms with Gasteiger partial charge in [-0.3, -0.25) is 9.59 Å². The van der Waals surface area contributed by atoms with Gasteiger partial charge in [-0.15, -0.1) is 0 Å². The third-order valence-corrected chi connectivity index (χ3v) is 8.06. The number of esters is 1. The lowest BCUT2D eigenvalue weighted by atomic mass is 9.69. The molecule has 1 fully saturated rings. The smallest absolute Gasteiger partial charge is 0.302 e. The fourth-order valence-electron chi connectivity index (χ4n) is 6.21. The Morgan fingerprint density at radius 3 is 2.60 bits per heavy atom. The Bertz CT molecular complexity index is 1220. The zero-order valence-corrected chi connectivity index (χ0v) is 23.3. The number of Topliss-reactive ketones (excluding diaryl/α,β-unsaturated/α-hetero) is 1. The number of phenols is 2. The van der Waals surface area contributed by atoms with Gasteiger partial charge in [-0.1, -0.05) is 31.1 Å². The van der Waals surface area contributed by atoms with Crippen molar-refractivity contribution < 1.29 is 39.1 Å². The second-order valence-corrected chi connectivity index (χ2v) is 10.8. The van der Waals surface area contributed by atoms with Crippen LogP contribution in [0.1, 0.15) is 74.5 Å². The van der Waals surface area contributed by atoms with E-state index < -0.39 is 12.1 Å². The highest BCUT2D eigenvalue weighted by molar-refractivity contribution is 5.81. The number of hydrogen-bond donors (Lipinski definition) is 3. The molecule has 2 aliphatic carbocycles. The minimum Gasteiger partial charge on any atom is -0.504 e. The van der Waals surface area contributed by atoms with E-state index in [1.165, 1.54) is 20.1 Å². The molecule has 216 valence electrons. The zero-order valence-electron chi connectivity index (χ0n) is 23.3. The van der Waals surface area contributed by atoms with Gasteiger partial charge >= 0.3 is 5.97 Å². The number of hydrogen-bond acceptors (Lipinski definition) is 8. The van der Waals surface area contributed by atoms with Gasteiger partial charge in [0.15, 0.2) is 23.0 Å². The van der Waals surface area contributed by atoms with Crippen LogP contribution in [0.5, 0.6) is 23.0 Å². The predicted molar refractivity (Wildman–Crippen MR) is 151 cm³/mol. The highest BCUT2D eigenvalue weighted by Gasteiger charge is 2.36. The number of phenolic OH excluding ortho intramolecular Hbond substituents is 2. The average Bonchev–Trinajstić information content (AvgIpc) is 3.07. The molecule has 0 saturated heterocycles. The second kappa shape index (κ2) is 13.7. The molecule has 40 heavy (non-hydrogen) atoms. The molecule has 0 aliphatic heterocycles. The van der Waals surface area contributed by atoms with Crippen molar-refractivity contribution in [3.63, 3.8) is 0 Å². The molecular formula is C32H40O8. The molecule has 8 heteroatoms. The van der Waals surface area contributed by atoms with Gasteiger partial charge in [0.1, 0.15) is 18.5 Å². The van der Waals surface area contributed by atoms with Crippen LogP contribution in [-0.4, -0.2) is 53.5 Å². The molecule has 2 aliphatic rings. The Labute approximate surface area is 235 Å². The van der Waals surface area contributed by atoms with Crippen LogP contribution in [-0.2, 0) is 20.7 Å². The van der Waals surface area contributed by atoms with Crippen molar-refractivity contribution in [3.8, 4) is 23.0 Å². The van der Waals surface area contributed by atoms with Crippen LogP contribution in [0.2, 0.25) is 0 Å². The Morgan fingerprint density at radius 2 is 1.85 bits per heavy atom. The fourth-order valence-corrected chi connectivity index (χ4v) is 6.21. The highest BCUT2D eigenvalue weighted by atomic mass is 16.5. The first-order chi connectivity index (χ1) is 19.3. The summed E-state index contributed by atoms with van der Waals surface area (Å²) in [5.41, 5.74) is 2.78. The number of benzene rings is 2. The number of rotatable bonds is 12. The third-order valence-electron chi connectivity index (χ3n) is 8.06. The van der Waals surface area contributed by atoms with Crippen LogP contribution in [0.3, 0.4) is 0 Å². The van der Waals surface area contributed by atoms with Crippen molar-refractivity contribution in [2.75, 3.05) is 20.3 Å². The van der Waals surface area contributed by atoms with E-state index in [-0.39, 0.29) is 48.6 Å². The largest absolute Gasteiger partial charge is 0.504 e. The van der Waals surface area contributed by atoms with Gasteiger partial charge in [-0.25, -0.2) is 0 Å². The molecule has 0 unspecified atom stereocenters. The number of carbonyl (C=O) groups is 2. The van der Waals surface area contributed by atoms with E-state index in [4.69, 9.17) is 19.3 Å². The molecule has 0 bridgehead atoms. The standard InChI is InChI=1S/C32H40O8/c1-20(34)40-25(11-7-21-8-12-29(36)32(15-21)39-14-13-33)17-24(35)18-28-26-6-4-3-5-22(26)9-10-23-16-30(37)31(38-2)19-27(23)28/h8-10,12,15-16,19,22,25-26,28,33,36-37H,3-7,11,13-14,17-18H2,1-2H3/t22-,25+,26-,28-/m0/s1. The maximum absolute atomic E-state index is 13.6. The van der Waals surface area contributed by atoms with Crippen molar-refractivity contribution >= 4 is 17.8 Å². The lowest BCUT2D eigenvalue weighted by Crippen LogP contribution is -2.27. The predicted octanol–water partition coefficient (Wildman–Crippen LogP) is 5.31. The lowest BCUT2D eigenvalue weighted by molar-refractivity contribution is -0.147. The highest BCUT2D eigenvalue weighted by Crippen LogP contribution is 2.48. The molecule has 2 aromatic rings. The van der Waals surface area contributed by atoms with E-state index in [1.807, 2.05) is 6.07 Å². The van der Waals surface area contributed by atoms with E-state index in [0.29, 0.717) is 36.8 Å². The number of carbonyl (C=O) groups excluding carboxylic acids is 2. The van der Waals surface area contributed by atoms with Crippen LogP contribution in [0.4, 0.5) is 0 Å². The molecule has 0 spiro atoms. The van der Waals surface area contributed by atoms with Gasteiger partial charge in [0.05, 0.1) is 13.7 Å². The SMILES string of the molecule is COc1cc2c(cc1O)C=C[C@@H]1CCCC[C@@H]1[C@@H]2CC(=O)C[C@@H](CCc1ccc(O)c(OCCO)c1)OC(C)=O. The van der Waals surface area contributed by atoms with Gasteiger partial charge in [-0.2, -0.15) is 0 Å². The van der Waals surface area contributed by atoms with Gasteiger partial charge in [0.2, 0.25) is 0 Å². The van der Waals surface area contributed by atoms with Crippen molar-refractivity contribution in [3.05, 3.63) is 53.1 Å². The Morgan fingerprint density at radius 1 is 1.05 bits per heavy atom. The van der Waals surface area contributed by atoms with E-state index in [9.17, 15) is 19.8 Å². The van der Waals surface area contributed by atoms with Gasteiger partial charge < -0.3 is 29.5 Å². The minimum absolute atomic E-state index is 0.0203. The molecule has 4 atom stereocenters. The summed E-state index contributed by atoms with van der Waals surface area (Å²) in [6, 6.07) is 8.57. The summed E-state index contributed by atoms with van der Waals surface area (Å²) in [7, 11) is 1.52. The molecular weight excluding hydrogens is 512 g/mol. The van der Waals surface area contributed by atoms with E-state index in [2.05, 4.69) is 12.2 Å². The zero-order chi connectivity index (χ0) is 28.6. The summed E-state index contributed by atoms with van der Waals surface area (Å²) in [6.45, 7) is 1.24. The van der Waals surface area contributed by atoms with Gasteiger partial charge in [0.25, 0.3) is 0 Å². The van der Waals surface area contributed by atoms with E-state index in [1.54, 1.807) is 18.2 Å². The maximum Gasteiger partial charge on any atom is 0.302 e. The third kappa shape index (κ3) is 7.36. The molecule has 3 N–H and O–H groups in total. The topological polar surface area (TPSA) is 123 Å². The first-order valence-electron chi connectivity index (χ1n) is 14.1. The number of aryl methyl sites for hydroxylation is 1. The molecule has 0 aromatic heterocycles. The minimum atomic E-state index is -0.583. The molecule has 4 rings (SSSR count). The number of fused-ring (bicyclic) bond motifs is 2. The normalized spacial score (nSPS) is 20.5. The number of ketones is 1. The average molecular weight is 553 g/mol. The Kier molecular flexibility index (Phi) is 10.1. The van der Waals surface area contributed by atoms with Gasteiger partial charge in [0, 0.05) is 19.8 Å². The second-order valence-electron chi connectivity index (χ2n) is 10.8. The van der Waals surface area contributed by atoms with Crippen LogP contribution in [0.25, 0.3) is 6.08 Å². The number of aliphatic hydroxyl groups is 1. The summed E-state index contributed by atoms with van der Waals surface area (Å²) < 4.78 is 16.4. The maximum atomic E-state index is 13.6. The summed E-state index contributed by atoms with van der Waals surface area (Å²) in [6.07, 6.45) is 9.49. The van der Waals surface area contributed by atoms with E-state index >= 15 is 0 Å². The number of aromatic hydroxyl groups is 2. The summed E-state index contributed by atoms with van der Waals surface area (Å²) in [5, 5.41) is 29.4. The van der Waals surface area contributed by atoms with Crippen molar-refractivity contribution in [2.24, 2.45) is 11.8 Å². The number of allylic oxidation sites excluding steroid dienone is 1. The number of ether oxygens (including phenoxy) is 3. The summed E-state index contributed by atoms with van der Waals surface area (Å²) >= 11 is 0. The molecule has 0 amide bonds. The van der Waals surface area contributed by atoms with Crippen molar-refractivity contribution in [1.29, 1.82) is 0 Å². The van der Waals surface area contributed by atoms with Gasteiger partial charge in [-0.05, 0) is 84.4 Å². The number of methoxy groups -OCH3 is 1. The Hall–Kier alpha value is -3.52. The Balaban J connectivity index is 1.50. The first kappa shape index (κ1) is 29.5. The lowest BCUT2D eigenvalue weighted by Gasteiger charge is -2.35. The van der Waals surface area contributed by atoms with Crippen LogP contribution in [0.15, 0.2) is 36.4 Å². The van der Waals surface area contributed by atoms with Crippen LogP contribution < -0.4 is 9.47 Å². The molecule has 8 nitrogen and oxygen atoms in total. The van der Waals surface area contributed by atoms with Crippen LogP contribution >= 0.6 is 0 Å². The van der Waals surface area contributed by atoms with Crippen molar-refractivity contribution in [2.45, 2.75) is 70.3 Å². The van der Waals surface area contributed by atoms with E-state index in [0.717, 1.165) is 42.4 Å². The van der Waals surface area contributed by atoms with Crippen molar-refractivity contribution in [1.82, 2.24) is 0 Å². The van der Waals surface area contributed by atoms with Crippen LogP contribution in [0, 0.1) is 11.8 Å². The monoisotopic (exact) mass is 552 g/mol. The molecule has 2 aromatic carbocycles. The fraction of sp³-hybridized carbons (Fsp3) is 0.500. The quantitative estimate of drug-likeness (QED) is 0.303. The summed E-state index contributed by atoms with van der Waals surface area (Å²) in [5.74, 6) is 0.967. The molecule has 0 heterocycles. The summed E-state index contributed by atoms with van der Waals surface area (Å²) in [4.78, 5) is 25.5. The first-order valence-corrected chi connectivity index (χ1v) is 14.1. The number of aliphatic hydroxyl groups excluding tert-OH is 1. The molecule has 1 saturated carbocycles. The molecule has 0 radical (unpaired) electrons.